The van der Waals surface area contributed by atoms with Crippen LogP contribution in [0.1, 0.15) is 106 Å². The molecule has 0 radical (unpaired) electrons. The van der Waals surface area contributed by atoms with Crippen LogP contribution in [0.3, 0.4) is 0 Å². The van der Waals surface area contributed by atoms with Gasteiger partial charge in [-0.3, -0.25) is 23.9 Å². The summed E-state index contributed by atoms with van der Waals surface area (Å²) in [5, 5.41) is 0.876. The first-order chi connectivity index (χ1) is 27.5. The second-order valence-corrected chi connectivity index (χ2v) is 20.2. The second kappa shape index (κ2) is 16.3. The predicted octanol–water partition coefficient (Wildman–Crippen LogP) is 7.08. The van der Waals surface area contributed by atoms with Crippen LogP contribution in [0.5, 0.6) is 11.8 Å². The van der Waals surface area contributed by atoms with Crippen molar-refractivity contribution in [3.63, 3.8) is 0 Å². The maximum absolute atomic E-state index is 15.1. The Morgan fingerprint density at radius 2 is 1.81 bits per heavy atom. The average molecular weight is 848 g/mol. The van der Waals surface area contributed by atoms with E-state index in [0.717, 1.165) is 13.8 Å². The SMILES string of the molecule is CC[C@@H]1C[C@H](C)CC/C=C\[C@@H]2C[C@@]2(C(=O)NS(=O)(=O)C2(C)CC2)CC(=O)[C@@H]2C[C@@H](Oc3nc(OC)cc4cc(F)ccc34)CN2C(=O)[C@H]1CC(=O)OC(C)(C)C(C)(F)F. The van der Waals surface area contributed by atoms with Gasteiger partial charge in [-0.25, -0.2) is 21.6 Å². The standard InChI is InChI=1S/C43H56F3N3O9S/c1-8-26-17-25(2)11-9-10-12-28-22-43(28,39(53)48-59(54,55)41(5)15-16-41)23-34(50)33-20-30(57-37-31-14-13-29(44)18-27(31)19-35(47-37)56-7)24-49(33)38(52)32(26)21-36(51)58-40(3,4)42(6,45)46/h10,12-14,18-19,25-26,28,30,32-33H,8-9,11,15-17,20-24H2,1-7H3,(H,48,53)/b12-10-/t25-,26-,28-,30-,32+,33+,43-/m1/s1. The molecule has 2 aliphatic heterocycles. The van der Waals surface area contributed by atoms with Gasteiger partial charge in [-0.2, -0.15) is 4.98 Å². The van der Waals surface area contributed by atoms with Crippen molar-refractivity contribution in [2.75, 3.05) is 13.7 Å². The van der Waals surface area contributed by atoms with Gasteiger partial charge in [-0.15, -0.1) is 0 Å². The molecule has 1 aromatic carbocycles. The Morgan fingerprint density at radius 3 is 2.46 bits per heavy atom. The van der Waals surface area contributed by atoms with Gasteiger partial charge in [-0.1, -0.05) is 32.4 Å². The number of Topliss-reactive ketones (excluding diaryl/α,β-unsaturated/α-hetero) is 1. The van der Waals surface area contributed by atoms with Crippen LogP contribution in [-0.4, -0.2) is 83.9 Å². The first-order valence-electron chi connectivity index (χ1n) is 20.5. The number of fused-ring (bicyclic) bond motifs is 3. The van der Waals surface area contributed by atoms with Crippen LogP contribution in [-0.2, 0) is 33.9 Å². The first kappa shape index (κ1) is 44.3. The van der Waals surface area contributed by atoms with Gasteiger partial charge in [0.05, 0.1) is 42.2 Å². The molecule has 12 nitrogen and oxygen atoms in total. The molecule has 4 aliphatic rings. The summed E-state index contributed by atoms with van der Waals surface area (Å²) < 4.78 is 88.1. The van der Waals surface area contributed by atoms with Crippen molar-refractivity contribution in [3.05, 3.63) is 42.2 Å². The number of ether oxygens (including phenoxy) is 3. The number of methoxy groups -OCH3 is 1. The van der Waals surface area contributed by atoms with E-state index in [1.165, 1.54) is 36.3 Å². The lowest BCUT2D eigenvalue weighted by atomic mass is 9.79. The van der Waals surface area contributed by atoms with E-state index in [9.17, 15) is 36.0 Å². The minimum atomic E-state index is -4.03. The van der Waals surface area contributed by atoms with E-state index in [0.29, 0.717) is 56.2 Å². The average Bonchev–Trinajstić information content (AvgIpc) is 4.03. The number of nitrogens with zero attached hydrogens (tertiary/aromatic N) is 2. The van der Waals surface area contributed by atoms with Gasteiger partial charge in [0.1, 0.15) is 11.9 Å². The fourth-order valence-corrected chi connectivity index (χ4v) is 9.80. The number of allylic oxidation sites excluding steroid dienone is 2. The Kier molecular flexibility index (Phi) is 12.3. The Labute approximate surface area is 344 Å². The van der Waals surface area contributed by atoms with Gasteiger partial charge >= 0.3 is 5.97 Å². The number of hydrogen-bond acceptors (Lipinski definition) is 10. The van der Waals surface area contributed by atoms with Crippen molar-refractivity contribution in [2.45, 2.75) is 134 Å². The van der Waals surface area contributed by atoms with Crippen molar-refractivity contribution in [1.82, 2.24) is 14.6 Å². The van der Waals surface area contributed by atoms with Gasteiger partial charge in [-0.05, 0) is 101 Å². The van der Waals surface area contributed by atoms with Crippen molar-refractivity contribution in [3.8, 4) is 11.8 Å². The summed E-state index contributed by atoms with van der Waals surface area (Å²) in [4.78, 5) is 63.1. The molecule has 1 saturated heterocycles. The molecule has 3 fully saturated rings. The van der Waals surface area contributed by atoms with E-state index >= 15 is 4.79 Å². The second-order valence-electron chi connectivity index (χ2n) is 18.0. The molecule has 2 aliphatic carbocycles. The number of esters is 1. The number of rotatable bonds is 11. The molecule has 7 atom stereocenters. The molecule has 16 heteroatoms. The molecule has 2 saturated carbocycles. The van der Waals surface area contributed by atoms with Crippen LogP contribution in [0.25, 0.3) is 10.8 Å². The fraction of sp³-hybridized carbons (Fsp3) is 0.651. The van der Waals surface area contributed by atoms with E-state index in [1.807, 2.05) is 26.0 Å². The molecule has 0 bridgehead atoms. The minimum absolute atomic E-state index is 0.0542. The third kappa shape index (κ3) is 9.26. The molecular formula is C43H56F3N3O9S. The Morgan fingerprint density at radius 1 is 1.10 bits per heavy atom. The molecular weight excluding hydrogens is 792 g/mol. The summed E-state index contributed by atoms with van der Waals surface area (Å²) in [6.45, 7) is 8.18. The predicted molar refractivity (Wildman–Crippen MR) is 212 cm³/mol. The third-order valence-corrected chi connectivity index (χ3v) is 15.3. The van der Waals surface area contributed by atoms with E-state index in [4.69, 9.17) is 14.2 Å². The number of benzene rings is 1. The summed E-state index contributed by atoms with van der Waals surface area (Å²) in [6, 6.07) is 4.39. The van der Waals surface area contributed by atoms with Crippen molar-refractivity contribution in [1.29, 1.82) is 0 Å². The normalized spacial score (nSPS) is 29.4. The van der Waals surface area contributed by atoms with Crippen molar-refractivity contribution < 1.29 is 55.0 Å². The van der Waals surface area contributed by atoms with Crippen molar-refractivity contribution in [2.24, 2.45) is 29.1 Å². The zero-order chi connectivity index (χ0) is 43.3. The number of halogens is 3. The molecule has 6 rings (SSSR count). The molecule has 1 N–H and O–H groups in total. The molecule has 0 unspecified atom stereocenters. The molecule has 3 heterocycles. The number of aromatic nitrogens is 1. The number of sulfonamides is 1. The highest BCUT2D eigenvalue weighted by atomic mass is 32.2. The van der Waals surface area contributed by atoms with Crippen LogP contribution in [0.4, 0.5) is 13.2 Å². The molecule has 59 heavy (non-hydrogen) atoms. The first-order valence-corrected chi connectivity index (χ1v) is 22.0. The topological polar surface area (TPSA) is 158 Å². The molecule has 1 aromatic heterocycles. The van der Waals surface area contributed by atoms with E-state index in [1.54, 1.807) is 6.92 Å². The Balaban J connectivity index is 1.38. The highest BCUT2D eigenvalue weighted by Crippen LogP contribution is 2.58. The molecule has 2 aromatic rings. The fourth-order valence-electron chi connectivity index (χ4n) is 8.46. The zero-order valence-corrected chi connectivity index (χ0v) is 35.6. The maximum Gasteiger partial charge on any atom is 0.307 e. The number of amides is 2. The van der Waals surface area contributed by atoms with Crippen molar-refractivity contribution >= 4 is 44.4 Å². The third-order valence-electron chi connectivity index (χ3n) is 13.2. The summed E-state index contributed by atoms with van der Waals surface area (Å²) in [7, 11) is -2.64. The van der Waals surface area contributed by atoms with Crippen LogP contribution in [0, 0.1) is 34.9 Å². The largest absolute Gasteiger partial charge is 0.481 e. The number of nitrogens with one attached hydrogen (secondary N) is 1. The van der Waals surface area contributed by atoms with Crippen LogP contribution in [0.15, 0.2) is 36.4 Å². The number of carbonyl (C=O) groups excluding carboxylic acids is 4. The smallest absolute Gasteiger partial charge is 0.307 e. The lowest BCUT2D eigenvalue weighted by molar-refractivity contribution is -0.197. The Hall–Kier alpha value is -4.21. The van der Waals surface area contributed by atoms with E-state index in [-0.39, 0.29) is 43.5 Å². The number of hydrogen-bond donors (Lipinski definition) is 1. The monoisotopic (exact) mass is 847 g/mol. The summed E-state index contributed by atoms with van der Waals surface area (Å²) in [5.41, 5.74) is -3.55. The summed E-state index contributed by atoms with van der Waals surface area (Å²) >= 11 is 0. The van der Waals surface area contributed by atoms with Gasteiger partial charge in [0.2, 0.25) is 33.6 Å². The van der Waals surface area contributed by atoms with Gasteiger partial charge in [0.25, 0.3) is 5.92 Å². The quantitative estimate of drug-likeness (QED) is 0.183. The van der Waals surface area contributed by atoms with E-state index in [2.05, 4.69) is 9.71 Å². The van der Waals surface area contributed by atoms with Gasteiger partial charge in [0.15, 0.2) is 11.4 Å². The lowest BCUT2D eigenvalue weighted by Gasteiger charge is -2.35. The van der Waals surface area contributed by atoms with E-state index < -0.39 is 97.4 Å². The summed E-state index contributed by atoms with van der Waals surface area (Å²) in [6.07, 6.45) is 5.31. The van der Waals surface area contributed by atoms with Crippen LogP contribution in [0.2, 0.25) is 0 Å². The number of pyridine rings is 1. The lowest BCUT2D eigenvalue weighted by Crippen LogP contribution is -2.49. The van der Waals surface area contributed by atoms with Gasteiger partial charge in [0, 0.05) is 31.2 Å². The minimum Gasteiger partial charge on any atom is -0.481 e. The molecule has 324 valence electrons. The number of ketones is 1. The highest BCUT2D eigenvalue weighted by molar-refractivity contribution is 7.91. The number of alkyl halides is 2. The zero-order valence-electron chi connectivity index (χ0n) is 34.8. The van der Waals surface area contributed by atoms with Crippen LogP contribution < -0.4 is 14.2 Å². The molecule has 0 spiro atoms. The van der Waals surface area contributed by atoms with Crippen LogP contribution >= 0.6 is 0 Å². The molecule has 2 amide bonds. The maximum atomic E-state index is 15.1. The number of carbonyl (C=O) groups is 4. The Bertz CT molecular complexity index is 2120. The highest BCUT2D eigenvalue weighted by Gasteiger charge is 2.63. The van der Waals surface area contributed by atoms with Gasteiger partial charge < -0.3 is 19.1 Å². The summed E-state index contributed by atoms with van der Waals surface area (Å²) in [5.74, 6) is -8.36.